The van der Waals surface area contributed by atoms with Crippen molar-refractivity contribution in [2.75, 3.05) is 32.7 Å². The number of nitrogens with zero attached hydrogens (tertiary/aromatic N) is 2. The second kappa shape index (κ2) is 8.05. The third-order valence-corrected chi connectivity index (χ3v) is 4.71. The van der Waals surface area contributed by atoms with E-state index in [9.17, 15) is 9.59 Å². The predicted octanol–water partition coefficient (Wildman–Crippen LogP) is 2.29. The van der Waals surface area contributed by atoms with Crippen LogP contribution >= 0.6 is 0 Å². The van der Waals surface area contributed by atoms with Crippen LogP contribution in [0.15, 0.2) is 36.4 Å². The van der Waals surface area contributed by atoms with Crippen molar-refractivity contribution in [3.05, 3.63) is 42.0 Å². The Labute approximate surface area is 148 Å². The molecule has 6 heteroatoms. The van der Waals surface area contributed by atoms with Crippen LogP contribution < -0.4 is 10.6 Å². The molecule has 0 saturated carbocycles. The maximum Gasteiger partial charge on any atom is 0.317 e. The highest BCUT2D eigenvalue weighted by Crippen LogP contribution is 2.21. The number of urea groups is 2. The minimum atomic E-state index is -0.0495. The normalized spacial score (nSPS) is 20.2. The van der Waals surface area contributed by atoms with Crippen molar-refractivity contribution in [1.29, 1.82) is 0 Å². The standard InChI is InChI=1S/C19H26N4O2/c1-2-20-18(24)23-12-10-17(14-23)21-19(25)22-11-6-9-16(13-22)15-7-4-3-5-8-15/h3-5,7-9,17H,2,6,10-14H2,1H3,(H,20,24)(H,21,25). The lowest BCUT2D eigenvalue weighted by Gasteiger charge is -2.29. The molecule has 2 heterocycles. The summed E-state index contributed by atoms with van der Waals surface area (Å²) in [5, 5.41) is 5.89. The van der Waals surface area contributed by atoms with E-state index in [2.05, 4.69) is 28.8 Å². The largest absolute Gasteiger partial charge is 0.338 e. The molecular weight excluding hydrogens is 316 g/mol. The van der Waals surface area contributed by atoms with Gasteiger partial charge in [-0.1, -0.05) is 36.4 Å². The van der Waals surface area contributed by atoms with E-state index >= 15 is 0 Å². The predicted molar refractivity (Wildman–Crippen MR) is 98.2 cm³/mol. The zero-order valence-electron chi connectivity index (χ0n) is 14.7. The number of hydrogen-bond donors (Lipinski definition) is 2. The number of benzene rings is 1. The van der Waals surface area contributed by atoms with Gasteiger partial charge in [-0.05, 0) is 30.9 Å². The third kappa shape index (κ3) is 4.32. The fraction of sp³-hybridized carbons (Fsp3) is 0.474. The van der Waals surface area contributed by atoms with Crippen LogP contribution in [0, 0.1) is 0 Å². The summed E-state index contributed by atoms with van der Waals surface area (Å²) >= 11 is 0. The van der Waals surface area contributed by atoms with E-state index in [1.54, 1.807) is 4.90 Å². The number of rotatable bonds is 3. The first-order chi connectivity index (χ1) is 12.2. The summed E-state index contributed by atoms with van der Waals surface area (Å²) in [7, 11) is 0. The summed E-state index contributed by atoms with van der Waals surface area (Å²) in [6.45, 7) is 5.15. The first-order valence-electron chi connectivity index (χ1n) is 9.00. The maximum absolute atomic E-state index is 12.6. The van der Waals surface area contributed by atoms with Gasteiger partial charge >= 0.3 is 12.1 Å². The van der Waals surface area contributed by atoms with E-state index in [4.69, 9.17) is 0 Å². The molecule has 0 aliphatic carbocycles. The average Bonchev–Trinajstić information content (AvgIpc) is 3.11. The Balaban J connectivity index is 1.52. The molecule has 2 N–H and O–H groups in total. The Morgan fingerprint density at radius 1 is 1.12 bits per heavy atom. The zero-order valence-corrected chi connectivity index (χ0v) is 14.7. The van der Waals surface area contributed by atoms with Gasteiger partial charge in [0.25, 0.3) is 0 Å². The van der Waals surface area contributed by atoms with Gasteiger partial charge in [0.15, 0.2) is 0 Å². The van der Waals surface area contributed by atoms with Gasteiger partial charge in [-0.2, -0.15) is 0 Å². The van der Waals surface area contributed by atoms with Crippen LogP contribution in [0.3, 0.4) is 0 Å². The Bertz CT molecular complexity index is 644. The van der Waals surface area contributed by atoms with Crippen molar-refractivity contribution < 1.29 is 9.59 Å². The Kier molecular flexibility index (Phi) is 5.58. The topological polar surface area (TPSA) is 64.7 Å². The number of likely N-dealkylation sites (tertiary alicyclic amines) is 1. The molecule has 0 aromatic heterocycles. The molecule has 2 aliphatic rings. The fourth-order valence-electron chi connectivity index (χ4n) is 3.37. The minimum Gasteiger partial charge on any atom is -0.338 e. The quantitative estimate of drug-likeness (QED) is 0.885. The molecule has 4 amide bonds. The lowest BCUT2D eigenvalue weighted by atomic mass is 10.0. The van der Waals surface area contributed by atoms with Crippen LogP contribution in [-0.2, 0) is 0 Å². The van der Waals surface area contributed by atoms with E-state index < -0.39 is 0 Å². The highest BCUT2D eigenvalue weighted by atomic mass is 16.2. The SMILES string of the molecule is CCNC(=O)N1CCC(NC(=O)N2CCC=C(c3ccccc3)C2)C1. The molecule has 0 radical (unpaired) electrons. The van der Waals surface area contributed by atoms with E-state index in [1.165, 1.54) is 11.1 Å². The fourth-order valence-corrected chi connectivity index (χ4v) is 3.37. The van der Waals surface area contributed by atoms with Crippen molar-refractivity contribution >= 4 is 17.6 Å². The molecule has 1 unspecified atom stereocenters. The summed E-state index contributed by atoms with van der Waals surface area (Å²) in [5.74, 6) is 0. The van der Waals surface area contributed by atoms with Crippen molar-refractivity contribution in [2.45, 2.75) is 25.8 Å². The number of hydrogen-bond acceptors (Lipinski definition) is 2. The smallest absolute Gasteiger partial charge is 0.317 e. The summed E-state index contributed by atoms with van der Waals surface area (Å²) in [4.78, 5) is 28.1. The second-order valence-electron chi connectivity index (χ2n) is 6.52. The van der Waals surface area contributed by atoms with Crippen LogP contribution in [0.5, 0.6) is 0 Å². The average molecular weight is 342 g/mol. The number of carbonyl (C=O) groups excluding carboxylic acids is 2. The molecule has 1 aromatic rings. The van der Waals surface area contributed by atoms with Crippen molar-refractivity contribution in [3.8, 4) is 0 Å². The molecule has 6 nitrogen and oxygen atoms in total. The Morgan fingerprint density at radius 3 is 2.68 bits per heavy atom. The summed E-state index contributed by atoms with van der Waals surface area (Å²) in [5.41, 5.74) is 2.36. The van der Waals surface area contributed by atoms with E-state index in [1.807, 2.05) is 30.0 Å². The molecule has 134 valence electrons. The van der Waals surface area contributed by atoms with Crippen molar-refractivity contribution in [1.82, 2.24) is 20.4 Å². The van der Waals surface area contributed by atoms with Gasteiger partial charge in [0, 0.05) is 38.8 Å². The van der Waals surface area contributed by atoms with Crippen LogP contribution in [0.2, 0.25) is 0 Å². The lowest BCUT2D eigenvalue weighted by molar-refractivity contribution is 0.196. The molecule has 1 aromatic carbocycles. The molecular formula is C19H26N4O2. The van der Waals surface area contributed by atoms with Crippen LogP contribution in [-0.4, -0.2) is 60.6 Å². The minimum absolute atomic E-state index is 0.0289. The van der Waals surface area contributed by atoms with Gasteiger partial charge in [-0.3, -0.25) is 0 Å². The lowest BCUT2D eigenvalue weighted by Crippen LogP contribution is -2.48. The van der Waals surface area contributed by atoms with Gasteiger partial charge < -0.3 is 20.4 Å². The molecule has 1 atom stereocenters. The molecule has 1 saturated heterocycles. The first kappa shape index (κ1) is 17.3. The van der Waals surface area contributed by atoms with Crippen molar-refractivity contribution in [2.24, 2.45) is 0 Å². The van der Waals surface area contributed by atoms with Crippen molar-refractivity contribution in [3.63, 3.8) is 0 Å². The van der Waals surface area contributed by atoms with Gasteiger partial charge in [-0.15, -0.1) is 0 Å². The van der Waals surface area contributed by atoms with Gasteiger partial charge in [0.2, 0.25) is 0 Å². The number of carbonyl (C=O) groups is 2. The maximum atomic E-state index is 12.6. The molecule has 2 aliphatic heterocycles. The second-order valence-corrected chi connectivity index (χ2v) is 6.52. The van der Waals surface area contributed by atoms with E-state index in [0.29, 0.717) is 26.2 Å². The number of amides is 4. The molecule has 3 rings (SSSR count). The highest BCUT2D eigenvalue weighted by molar-refractivity contribution is 5.79. The van der Waals surface area contributed by atoms with Crippen LogP contribution in [0.4, 0.5) is 9.59 Å². The van der Waals surface area contributed by atoms with Gasteiger partial charge in [0.05, 0.1) is 0 Å². The molecule has 25 heavy (non-hydrogen) atoms. The molecule has 0 spiro atoms. The zero-order chi connectivity index (χ0) is 17.6. The van der Waals surface area contributed by atoms with Gasteiger partial charge in [-0.25, -0.2) is 9.59 Å². The summed E-state index contributed by atoms with van der Waals surface area (Å²) < 4.78 is 0. The van der Waals surface area contributed by atoms with Crippen LogP contribution in [0.25, 0.3) is 5.57 Å². The Morgan fingerprint density at radius 2 is 1.92 bits per heavy atom. The number of nitrogens with one attached hydrogen (secondary N) is 2. The van der Waals surface area contributed by atoms with E-state index in [-0.39, 0.29) is 18.1 Å². The monoisotopic (exact) mass is 342 g/mol. The highest BCUT2D eigenvalue weighted by Gasteiger charge is 2.29. The van der Waals surface area contributed by atoms with Gasteiger partial charge in [0.1, 0.15) is 0 Å². The summed E-state index contributed by atoms with van der Waals surface area (Å²) in [6.07, 6.45) is 3.89. The Hall–Kier alpha value is -2.50. The molecule has 1 fully saturated rings. The van der Waals surface area contributed by atoms with Crippen LogP contribution in [0.1, 0.15) is 25.3 Å². The first-order valence-corrected chi connectivity index (χ1v) is 9.00. The van der Waals surface area contributed by atoms with E-state index in [0.717, 1.165) is 19.4 Å². The summed E-state index contributed by atoms with van der Waals surface area (Å²) in [6, 6.07) is 10.1. The third-order valence-electron chi connectivity index (χ3n) is 4.71. The molecule has 0 bridgehead atoms.